The van der Waals surface area contributed by atoms with Gasteiger partial charge in [0.05, 0.1) is 36.0 Å². The first-order chi connectivity index (χ1) is 18.1. The maximum atomic E-state index is 12.2. The molecule has 0 fully saturated rings. The van der Waals surface area contributed by atoms with Crippen molar-refractivity contribution in [3.63, 3.8) is 0 Å². The summed E-state index contributed by atoms with van der Waals surface area (Å²) in [6.45, 7) is 3.91. The molecular formula is C29H28N4O4. The summed E-state index contributed by atoms with van der Waals surface area (Å²) in [5, 5.41) is 0. The molecule has 0 radical (unpaired) electrons. The highest BCUT2D eigenvalue weighted by Gasteiger charge is 2.17. The minimum Gasteiger partial charge on any atom is -0.465 e. The van der Waals surface area contributed by atoms with Gasteiger partial charge in [0.25, 0.3) is 0 Å². The fourth-order valence-electron chi connectivity index (χ4n) is 3.82. The topological polar surface area (TPSA) is 94.5 Å². The van der Waals surface area contributed by atoms with Crippen molar-refractivity contribution >= 4 is 17.6 Å². The molecule has 4 rings (SSSR count). The Morgan fingerprint density at radius 1 is 0.676 bits per heavy atom. The number of esters is 2. The first kappa shape index (κ1) is 25.5. The summed E-state index contributed by atoms with van der Waals surface area (Å²) >= 11 is 0. The lowest BCUT2D eigenvalue weighted by Crippen LogP contribution is -2.36. The number of hydrogen-bond donors (Lipinski definition) is 0. The van der Waals surface area contributed by atoms with Gasteiger partial charge in [-0.1, -0.05) is 24.3 Å². The largest absolute Gasteiger partial charge is 0.465 e. The van der Waals surface area contributed by atoms with Crippen LogP contribution in [0.3, 0.4) is 0 Å². The van der Waals surface area contributed by atoms with E-state index in [0.717, 1.165) is 33.9 Å². The van der Waals surface area contributed by atoms with Crippen LogP contribution in [0.25, 0.3) is 33.9 Å². The van der Waals surface area contributed by atoms with Crippen LogP contribution in [0.1, 0.15) is 13.8 Å². The molecule has 0 aliphatic rings. The lowest BCUT2D eigenvalue weighted by molar-refractivity contribution is -0.142. The Balaban J connectivity index is 1.69. The van der Waals surface area contributed by atoms with Crippen molar-refractivity contribution in [3.8, 4) is 33.9 Å². The number of benzene rings is 1. The zero-order chi connectivity index (χ0) is 26.0. The number of carbonyl (C=O) groups is 2. The van der Waals surface area contributed by atoms with Gasteiger partial charge in [0.15, 0.2) is 0 Å². The SMILES string of the molecule is CCOC(=O)CN(CC(=O)OCC)c1ccc(-c2cc(-c3ccccn3)nc(-c3ccccn3)c2)cc1. The van der Waals surface area contributed by atoms with E-state index < -0.39 is 11.9 Å². The van der Waals surface area contributed by atoms with Gasteiger partial charge in [-0.05, 0) is 73.5 Å². The third kappa shape index (κ3) is 6.76. The molecule has 0 atom stereocenters. The minimum atomic E-state index is -0.412. The molecule has 8 nitrogen and oxygen atoms in total. The number of hydrogen-bond acceptors (Lipinski definition) is 8. The summed E-state index contributed by atoms with van der Waals surface area (Å²) in [5.74, 6) is -0.824. The van der Waals surface area contributed by atoms with Crippen LogP contribution in [0.2, 0.25) is 0 Å². The minimum absolute atomic E-state index is 0.0606. The van der Waals surface area contributed by atoms with E-state index in [2.05, 4.69) is 9.97 Å². The molecule has 0 unspecified atom stereocenters. The lowest BCUT2D eigenvalue weighted by atomic mass is 10.0. The van der Waals surface area contributed by atoms with Gasteiger partial charge in [-0.25, -0.2) is 4.98 Å². The summed E-state index contributed by atoms with van der Waals surface area (Å²) in [5.41, 5.74) is 5.55. The number of rotatable bonds is 10. The second-order valence-corrected chi connectivity index (χ2v) is 8.07. The number of pyridine rings is 3. The van der Waals surface area contributed by atoms with Gasteiger partial charge in [-0.2, -0.15) is 0 Å². The fraction of sp³-hybridized carbons (Fsp3) is 0.207. The van der Waals surface area contributed by atoms with Crippen molar-refractivity contribution in [1.29, 1.82) is 0 Å². The van der Waals surface area contributed by atoms with Crippen molar-refractivity contribution < 1.29 is 19.1 Å². The van der Waals surface area contributed by atoms with Crippen LogP contribution in [0.4, 0.5) is 5.69 Å². The van der Waals surface area contributed by atoms with E-state index in [1.54, 1.807) is 31.1 Å². The number of anilines is 1. The predicted octanol–water partition coefficient (Wildman–Crippen LogP) is 4.81. The van der Waals surface area contributed by atoms with E-state index in [-0.39, 0.29) is 26.3 Å². The Kier molecular flexibility index (Phi) is 8.54. The Bertz CT molecular complexity index is 1250. The highest BCUT2D eigenvalue weighted by molar-refractivity contribution is 5.82. The van der Waals surface area contributed by atoms with Crippen LogP contribution in [-0.2, 0) is 19.1 Å². The molecular weight excluding hydrogens is 468 g/mol. The van der Waals surface area contributed by atoms with Gasteiger partial charge in [0.1, 0.15) is 13.1 Å². The molecule has 0 aliphatic carbocycles. The number of nitrogens with zero attached hydrogens (tertiary/aromatic N) is 4. The zero-order valence-electron chi connectivity index (χ0n) is 20.8. The molecule has 0 N–H and O–H groups in total. The number of ether oxygens (including phenoxy) is 2. The highest BCUT2D eigenvalue weighted by Crippen LogP contribution is 2.30. The monoisotopic (exact) mass is 496 g/mol. The summed E-state index contributed by atoms with van der Waals surface area (Å²) in [7, 11) is 0. The molecule has 0 spiro atoms. The van der Waals surface area contributed by atoms with E-state index in [9.17, 15) is 9.59 Å². The maximum Gasteiger partial charge on any atom is 0.325 e. The maximum absolute atomic E-state index is 12.2. The molecule has 0 bridgehead atoms. The van der Waals surface area contributed by atoms with Crippen molar-refractivity contribution in [2.75, 3.05) is 31.2 Å². The van der Waals surface area contributed by atoms with Crippen LogP contribution in [0.15, 0.2) is 85.2 Å². The molecule has 0 amide bonds. The van der Waals surface area contributed by atoms with Crippen molar-refractivity contribution in [3.05, 3.63) is 85.2 Å². The van der Waals surface area contributed by atoms with Crippen LogP contribution in [-0.4, -0.2) is 53.2 Å². The van der Waals surface area contributed by atoms with Crippen LogP contribution in [0, 0.1) is 0 Å². The molecule has 8 heteroatoms. The molecule has 37 heavy (non-hydrogen) atoms. The average molecular weight is 497 g/mol. The molecule has 0 saturated heterocycles. The Hall–Kier alpha value is -4.59. The molecule has 1 aromatic carbocycles. The molecule has 3 heterocycles. The van der Waals surface area contributed by atoms with E-state index in [1.165, 1.54) is 0 Å². The Morgan fingerprint density at radius 3 is 1.62 bits per heavy atom. The summed E-state index contributed by atoms with van der Waals surface area (Å²) in [6, 6.07) is 23.0. The predicted molar refractivity (Wildman–Crippen MR) is 142 cm³/mol. The summed E-state index contributed by atoms with van der Waals surface area (Å²) in [4.78, 5) is 39.7. The molecule has 3 aromatic heterocycles. The van der Waals surface area contributed by atoms with E-state index in [4.69, 9.17) is 14.5 Å². The Morgan fingerprint density at radius 2 is 1.19 bits per heavy atom. The quantitative estimate of drug-likeness (QED) is 0.289. The summed E-state index contributed by atoms with van der Waals surface area (Å²) in [6.07, 6.45) is 3.47. The molecule has 4 aromatic rings. The van der Waals surface area contributed by atoms with E-state index in [0.29, 0.717) is 5.69 Å². The van der Waals surface area contributed by atoms with Crippen LogP contribution < -0.4 is 4.90 Å². The molecule has 188 valence electrons. The summed E-state index contributed by atoms with van der Waals surface area (Å²) < 4.78 is 10.2. The van der Waals surface area contributed by atoms with Crippen LogP contribution >= 0.6 is 0 Å². The van der Waals surface area contributed by atoms with Crippen LogP contribution in [0.5, 0.6) is 0 Å². The van der Waals surface area contributed by atoms with Crippen molar-refractivity contribution in [1.82, 2.24) is 15.0 Å². The lowest BCUT2D eigenvalue weighted by Gasteiger charge is -2.23. The van der Waals surface area contributed by atoms with E-state index in [1.807, 2.05) is 72.8 Å². The normalized spacial score (nSPS) is 10.5. The third-order valence-electron chi connectivity index (χ3n) is 5.50. The molecule has 0 saturated carbocycles. The second kappa shape index (κ2) is 12.4. The van der Waals surface area contributed by atoms with Gasteiger partial charge in [0.2, 0.25) is 0 Å². The second-order valence-electron chi connectivity index (χ2n) is 8.07. The van der Waals surface area contributed by atoms with Gasteiger partial charge in [-0.15, -0.1) is 0 Å². The Labute approximate surface area is 215 Å². The van der Waals surface area contributed by atoms with E-state index >= 15 is 0 Å². The fourth-order valence-corrected chi connectivity index (χ4v) is 3.82. The first-order valence-electron chi connectivity index (χ1n) is 12.1. The van der Waals surface area contributed by atoms with Gasteiger partial charge in [0, 0.05) is 18.1 Å². The average Bonchev–Trinajstić information content (AvgIpc) is 2.94. The van der Waals surface area contributed by atoms with Gasteiger partial charge < -0.3 is 14.4 Å². The smallest absolute Gasteiger partial charge is 0.325 e. The van der Waals surface area contributed by atoms with Gasteiger partial charge >= 0.3 is 11.9 Å². The standard InChI is InChI=1S/C29H28N4O4/c1-3-36-28(34)19-33(20-29(35)37-4-2)23-13-11-21(12-14-23)22-17-26(24-9-5-7-15-30-24)32-27(18-22)25-10-6-8-16-31-25/h5-18H,3-4,19-20H2,1-2H3. The highest BCUT2D eigenvalue weighted by atomic mass is 16.5. The van der Waals surface area contributed by atoms with Crippen molar-refractivity contribution in [2.24, 2.45) is 0 Å². The molecule has 0 aliphatic heterocycles. The zero-order valence-corrected chi connectivity index (χ0v) is 20.8. The first-order valence-corrected chi connectivity index (χ1v) is 12.1. The number of aromatic nitrogens is 3. The van der Waals surface area contributed by atoms with Gasteiger partial charge in [-0.3, -0.25) is 19.6 Å². The van der Waals surface area contributed by atoms with Crippen molar-refractivity contribution in [2.45, 2.75) is 13.8 Å². The number of carbonyl (C=O) groups excluding carboxylic acids is 2. The third-order valence-corrected chi connectivity index (χ3v) is 5.50.